The number of fused-ring (bicyclic) bond motifs is 1. The van der Waals surface area contributed by atoms with Crippen molar-refractivity contribution in [1.29, 1.82) is 0 Å². The summed E-state index contributed by atoms with van der Waals surface area (Å²) in [5.41, 5.74) is 3.87. The van der Waals surface area contributed by atoms with Crippen LogP contribution in [0.1, 0.15) is 36.9 Å². The lowest BCUT2D eigenvalue weighted by Crippen LogP contribution is -2.25. The standard InChI is InChI=1S/C27H28ClFN6/c1-18-14-26(35-12-4-2-3-5-13-35)34-27(32-18)31-17-19-15-21(7-9-23(19)29)33-24-10-11-30-25-16-20(28)6-8-22(24)25/h6-11,14-16H,2-5,12-13,17H2,1H3,(H,30,33)(H,31,32,34). The molecular formula is C27H28ClFN6. The number of aromatic nitrogens is 3. The fourth-order valence-corrected chi connectivity index (χ4v) is 4.61. The van der Waals surface area contributed by atoms with Gasteiger partial charge in [-0.05, 0) is 62.2 Å². The van der Waals surface area contributed by atoms with E-state index in [0.29, 0.717) is 16.5 Å². The lowest BCUT2D eigenvalue weighted by atomic mass is 10.1. The molecule has 0 bridgehead atoms. The summed E-state index contributed by atoms with van der Waals surface area (Å²) in [6.07, 6.45) is 6.61. The molecular weight excluding hydrogens is 463 g/mol. The summed E-state index contributed by atoms with van der Waals surface area (Å²) in [6.45, 7) is 4.25. The molecule has 0 atom stereocenters. The van der Waals surface area contributed by atoms with Gasteiger partial charge in [0.2, 0.25) is 5.95 Å². The first-order valence-electron chi connectivity index (χ1n) is 12.0. The highest BCUT2D eigenvalue weighted by Crippen LogP contribution is 2.28. The van der Waals surface area contributed by atoms with E-state index in [1.165, 1.54) is 31.7 Å². The number of rotatable bonds is 6. The van der Waals surface area contributed by atoms with Crippen molar-refractivity contribution in [2.45, 2.75) is 39.2 Å². The van der Waals surface area contributed by atoms with Crippen LogP contribution in [-0.2, 0) is 6.54 Å². The van der Waals surface area contributed by atoms with Crippen LogP contribution in [0.15, 0.2) is 54.7 Å². The van der Waals surface area contributed by atoms with Crippen molar-refractivity contribution < 1.29 is 4.39 Å². The number of aryl methyl sites for hydroxylation is 1. The van der Waals surface area contributed by atoms with E-state index < -0.39 is 0 Å². The van der Waals surface area contributed by atoms with Crippen LogP contribution >= 0.6 is 11.6 Å². The Morgan fingerprint density at radius 2 is 1.80 bits per heavy atom. The van der Waals surface area contributed by atoms with Gasteiger partial charge in [0.05, 0.1) is 5.52 Å². The van der Waals surface area contributed by atoms with E-state index in [4.69, 9.17) is 16.6 Å². The van der Waals surface area contributed by atoms with Gasteiger partial charge >= 0.3 is 0 Å². The van der Waals surface area contributed by atoms with Crippen molar-refractivity contribution in [2.24, 2.45) is 0 Å². The molecule has 35 heavy (non-hydrogen) atoms. The Kier molecular flexibility index (Phi) is 6.95. The molecule has 8 heteroatoms. The SMILES string of the molecule is Cc1cc(N2CCCCCC2)nc(NCc2cc(Nc3ccnc4cc(Cl)ccc34)ccc2F)n1. The Morgan fingerprint density at radius 3 is 2.63 bits per heavy atom. The quantitative estimate of drug-likeness (QED) is 0.307. The second-order valence-corrected chi connectivity index (χ2v) is 9.33. The Bertz CT molecular complexity index is 1340. The maximum absolute atomic E-state index is 14.7. The molecule has 3 heterocycles. The summed E-state index contributed by atoms with van der Waals surface area (Å²) in [7, 11) is 0. The fraction of sp³-hybridized carbons (Fsp3) is 0.296. The number of halogens is 2. The molecule has 1 aliphatic heterocycles. The maximum atomic E-state index is 14.7. The smallest absolute Gasteiger partial charge is 0.225 e. The third-order valence-corrected chi connectivity index (χ3v) is 6.47. The zero-order valence-corrected chi connectivity index (χ0v) is 20.4. The number of nitrogens with zero attached hydrogens (tertiary/aromatic N) is 4. The molecule has 5 rings (SSSR count). The third-order valence-electron chi connectivity index (χ3n) is 6.24. The number of hydrogen-bond donors (Lipinski definition) is 2. The molecule has 0 spiro atoms. The molecule has 2 aromatic heterocycles. The highest BCUT2D eigenvalue weighted by Gasteiger charge is 2.14. The number of anilines is 4. The Hall–Kier alpha value is -3.45. The molecule has 6 nitrogen and oxygen atoms in total. The van der Waals surface area contributed by atoms with E-state index in [1.54, 1.807) is 18.3 Å². The van der Waals surface area contributed by atoms with Crippen LogP contribution in [-0.4, -0.2) is 28.0 Å². The van der Waals surface area contributed by atoms with Gasteiger partial charge in [-0.25, -0.2) is 9.37 Å². The molecule has 2 N–H and O–H groups in total. The van der Waals surface area contributed by atoms with Gasteiger partial charge in [0.15, 0.2) is 0 Å². The average molecular weight is 491 g/mol. The minimum atomic E-state index is -0.283. The monoisotopic (exact) mass is 490 g/mol. The maximum Gasteiger partial charge on any atom is 0.225 e. The topological polar surface area (TPSA) is 66.0 Å². The minimum absolute atomic E-state index is 0.275. The molecule has 0 radical (unpaired) electrons. The summed E-state index contributed by atoms with van der Waals surface area (Å²) < 4.78 is 14.7. The first kappa shape index (κ1) is 23.3. The number of hydrogen-bond acceptors (Lipinski definition) is 6. The summed E-state index contributed by atoms with van der Waals surface area (Å²) in [5.74, 6) is 1.16. The third kappa shape index (κ3) is 5.62. The normalized spacial score (nSPS) is 14.1. The van der Waals surface area contributed by atoms with Gasteiger partial charge in [0.1, 0.15) is 11.6 Å². The zero-order valence-electron chi connectivity index (χ0n) is 19.7. The molecule has 4 aromatic rings. The van der Waals surface area contributed by atoms with E-state index in [1.807, 2.05) is 37.3 Å². The second kappa shape index (κ2) is 10.4. The van der Waals surface area contributed by atoms with Crippen LogP contribution in [0.25, 0.3) is 10.9 Å². The van der Waals surface area contributed by atoms with Crippen LogP contribution in [0.2, 0.25) is 5.02 Å². The van der Waals surface area contributed by atoms with E-state index in [-0.39, 0.29) is 12.4 Å². The number of benzene rings is 2. The summed E-state index contributed by atoms with van der Waals surface area (Å²) >= 11 is 6.10. The highest BCUT2D eigenvalue weighted by atomic mass is 35.5. The molecule has 0 saturated carbocycles. The largest absolute Gasteiger partial charge is 0.356 e. The van der Waals surface area contributed by atoms with Crippen molar-refractivity contribution in [3.05, 3.63) is 76.8 Å². The lowest BCUT2D eigenvalue weighted by molar-refractivity contribution is 0.613. The van der Waals surface area contributed by atoms with Gasteiger partial charge in [-0.2, -0.15) is 4.98 Å². The van der Waals surface area contributed by atoms with Crippen molar-refractivity contribution in [3.63, 3.8) is 0 Å². The van der Waals surface area contributed by atoms with E-state index in [9.17, 15) is 4.39 Å². The summed E-state index contributed by atoms with van der Waals surface area (Å²) in [6, 6.07) is 14.5. The van der Waals surface area contributed by atoms with Crippen LogP contribution in [0.5, 0.6) is 0 Å². The summed E-state index contributed by atoms with van der Waals surface area (Å²) in [5, 5.41) is 8.18. The molecule has 0 unspecified atom stereocenters. The molecule has 2 aromatic carbocycles. The van der Waals surface area contributed by atoms with Crippen molar-refractivity contribution in [2.75, 3.05) is 28.6 Å². The van der Waals surface area contributed by atoms with Gasteiger partial charge in [0.25, 0.3) is 0 Å². The van der Waals surface area contributed by atoms with Crippen LogP contribution in [0, 0.1) is 12.7 Å². The van der Waals surface area contributed by atoms with Gasteiger partial charge < -0.3 is 15.5 Å². The molecule has 1 saturated heterocycles. The lowest BCUT2D eigenvalue weighted by Gasteiger charge is -2.22. The number of nitrogens with one attached hydrogen (secondary N) is 2. The predicted molar refractivity (Wildman–Crippen MR) is 141 cm³/mol. The predicted octanol–water partition coefficient (Wildman–Crippen LogP) is 6.86. The fourth-order valence-electron chi connectivity index (χ4n) is 4.44. The van der Waals surface area contributed by atoms with Crippen molar-refractivity contribution in [1.82, 2.24) is 15.0 Å². The molecule has 1 fully saturated rings. The number of pyridine rings is 1. The van der Waals surface area contributed by atoms with Crippen molar-refractivity contribution >= 4 is 45.6 Å². The molecule has 0 aliphatic carbocycles. The summed E-state index contributed by atoms with van der Waals surface area (Å²) in [4.78, 5) is 16.0. The zero-order chi connectivity index (χ0) is 24.2. The average Bonchev–Trinajstić information content (AvgIpc) is 3.14. The first-order valence-corrected chi connectivity index (χ1v) is 12.4. The van der Waals surface area contributed by atoms with Crippen LogP contribution < -0.4 is 15.5 Å². The Balaban J connectivity index is 1.33. The molecule has 0 amide bonds. The van der Waals surface area contributed by atoms with E-state index in [0.717, 1.165) is 46.9 Å². The van der Waals surface area contributed by atoms with Crippen molar-refractivity contribution in [3.8, 4) is 0 Å². The highest BCUT2D eigenvalue weighted by molar-refractivity contribution is 6.31. The van der Waals surface area contributed by atoms with E-state index >= 15 is 0 Å². The van der Waals surface area contributed by atoms with Gasteiger partial charge in [-0.1, -0.05) is 24.4 Å². The second-order valence-electron chi connectivity index (χ2n) is 8.90. The molecule has 180 valence electrons. The van der Waals surface area contributed by atoms with Gasteiger partial charge in [-0.3, -0.25) is 4.98 Å². The first-order chi connectivity index (χ1) is 17.0. The Labute approximate surface area is 209 Å². The Morgan fingerprint density at radius 1 is 0.971 bits per heavy atom. The molecule has 1 aliphatic rings. The van der Waals surface area contributed by atoms with Gasteiger partial charge in [-0.15, -0.1) is 0 Å². The van der Waals surface area contributed by atoms with Crippen LogP contribution in [0.4, 0.5) is 27.5 Å². The van der Waals surface area contributed by atoms with Crippen LogP contribution in [0.3, 0.4) is 0 Å². The van der Waals surface area contributed by atoms with E-state index in [2.05, 4.69) is 25.5 Å². The minimum Gasteiger partial charge on any atom is -0.356 e. The van der Waals surface area contributed by atoms with Gasteiger partial charge in [0, 0.05) is 64.9 Å².